The van der Waals surface area contributed by atoms with Crippen LogP contribution in [0.3, 0.4) is 0 Å². The van der Waals surface area contributed by atoms with Crippen LogP contribution in [0.2, 0.25) is 0 Å². The van der Waals surface area contributed by atoms with Crippen LogP contribution in [0.4, 0.5) is 5.69 Å². The maximum Gasteiger partial charge on any atom is 0.266 e. The molecule has 29 heavy (non-hydrogen) atoms. The van der Waals surface area contributed by atoms with Crippen molar-refractivity contribution >= 4 is 51.9 Å². The second kappa shape index (κ2) is 9.54. The average molecular weight is 425 g/mol. The average Bonchev–Trinajstić information content (AvgIpc) is 2.93. The Balaban J connectivity index is 1.60. The number of nitrogens with one attached hydrogen (secondary N) is 1. The summed E-state index contributed by atoms with van der Waals surface area (Å²) in [4.78, 5) is 26.8. The van der Waals surface area contributed by atoms with E-state index in [0.717, 1.165) is 11.1 Å². The summed E-state index contributed by atoms with van der Waals surface area (Å²) in [6.45, 7) is 2.14. The minimum atomic E-state index is -0.256. The van der Waals surface area contributed by atoms with Crippen molar-refractivity contribution in [1.29, 1.82) is 0 Å². The molecule has 148 valence electrons. The Morgan fingerprint density at radius 2 is 1.97 bits per heavy atom. The summed E-state index contributed by atoms with van der Waals surface area (Å²) in [5.41, 5.74) is 2.50. The molecule has 0 saturated carbocycles. The molecule has 1 aliphatic rings. The van der Waals surface area contributed by atoms with Crippen molar-refractivity contribution in [2.45, 2.75) is 13.3 Å². The maximum absolute atomic E-state index is 12.7. The highest BCUT2D eigenvalue weighted by atomic mass is 32.2. The van der Waals surface area contributed by atoms with Gasteiger partial charge in [-0.3, -0.25) is 14.5 Å². The number of hydrogen-bond donors (Lipinski definition) is 2. The third kappa shape index (κ3) is 5.79. The fourth-order valence-electron chi connectivity index (χ4n) is 2.77. The van der Waals surface area contributed by atoms with Gasteiger partial charge in [-0.15, -0.1) is 0 Å². The first-order valence-corrected chi connectivity index (χ1v) is 10.2. The molecule has 1 heterocycles. The fraction of sp³-hybridized carbons (Fsp3) is 0.136. The molecule has 2 aromatic rings. The number of nitrogens with zero attached hydrogens (tertiary/aromatic N) is 1. The zero-order chi connectivity index (χ0) is 20.8. The molecule has 0 unspecified atom stereocenters. The maximum atomic E-state index is 12.7. The molecule has 7 heteroatoms. The first-order chi connectivity index (χ1) is 13.9. The first kappa shape index (κ1) is 20.8. The highest BCUT2D eigenvalue weighted by Gasteiger charge is 2.32. The topological polar surface area (TPSA) is 69.6 Å². The lowest BCUT2D eigenvalue weighted by Gasteiger charge is -2.14. The molecule has 0 radical (unpaired) electrons. The van der Waals surface area contributed by atoms with Crippen LogP contribution in [0.5, 0.6) is 5.75 Å². The minimum absolute atomic E-state index is 0.0730. The summed E-state index contributed by atoms with van der Waals surface area (Å²) >= 11 is 6.56. The van der Waals surface area contributed by atoms with Crippen molar-refractivity contribution in [3.05, 3.63) is 76.7 Å². The number of anilines is 1. The zero-order valence-corrected chi connectivity index (χ0v) is 17.4. The highest BCUT2D eigenvalue weighted by molar-refractivity contribution is 8.26. The van der Waals surface area contributed by atoms with Crippen molar-refractivity contribution in [3.63, 3.8) is 0 Å². The molecule has 2 amide bonds. The van der Waals surface area contributed by atoms with Crippen LogP contribution in [0.25, 0.3) is 6.08 Å². The smallest absolute Gasteiger partial charge is 0.266 e. The van der Waals surface area contributed by atoms with Crippen LogP contribution in [0, 0.1) is 0 Å². The Hall–Kier alpha value is -2.90. The van der Waals surface area contributed by atoms with Gasteiger partial charge in [0.25, 0.3) is 5.91 Å². The van der Waals surface area contributed by atoms with E-state index < -0.39 is 0 Å². The van der Waals surface area contributed by atoms with E-state index in [1.165, 1.54) is 28.8 Å². The highest BCUT2D eigenvalue weighted by Crippen LogP contribution is 2.32. The number of hydrogen-bond acceptors (Lipinski definition) is 5. The van der Waals surface area contributed by atoms with Crippen LogP contribution >= 0.6 is 24.0 Å². The van der Waals surface area contributed by atoms with Crippen LogP contribution in [-0.4, -0.2) is 32.7 Å². The molecule has 5 nitrogen and oxygen atoms in total. The fourth-order valence-corrected chi connectivity index (χ4v) is 4.13. The van der Waals surface area contributed by atoms with E-state index >= 15 is 0 Å². The third-order valence-corrected chi connectivity index (χ3v) is 5.50. The van der Waals surface area contributed by atoms with Crippen molar-refractivity contribution in [1.82, 2.24) is 4.90 Å². The second-order valence-corrected chi connectivity index (χ2v) is 8.16. The zero-order valence-electron chi connectivity index (χ0n) is 15.8. The number of aromatic hydroxyl groups is 1. The monoisotopic (exact) mass is 424 g/mol. The van der Waals surface area contributed by atoms with Gasteiger partial charge < -0.3 is 10.4 Å². The lowest BCUT2D eigenvalue weighted by atomic mass is 10.1. The molecule has 1 saturated heterocycles. The van der Waals surface area contributed by atoms with E-state index in [-0.39, 0.29) is 30.5 Å². The number of thiocarbonyl (C=S) groups is 1. The van der Waals surface area contributed by atoms with E-state index in [2.05, 4.69) is 5.32 Å². The number of phenolic OH excluding ortho intramolecular Hbond substituents is 1. The number of thioether (sulfide) groups is 1. The third-order valence-electron chi connectivity index (χ3n) is 4.12. The van der Waals surface area contributed by atoms with Gasteiger partial charge >= 0.3 is 0 Å². The standard InChI is InChI=1S/C22H20N2O3S2/c1-15(12-16-6-3-2-4-7-16)13-19-21(27)24(22(28)29-19)11-10-20(26)23-17-8-5-9-18(25)14-17/h2-9,12-14,25H,10-11H2,1H3,(H,23,26)/b15-12?,19-13-. The number of amides is 2. The number of phenols is 1. The first-order valence-electron chi connectivity index (χ1n) is 9.00. The van der Waals surface area contributed by atoms with Crippen LogP contribution in [-0.2, 0) is 9.59 Å². The quantitative estimate of drug-likeness (QED) is 0.525. The molecule has 1 fully saturated rings. The molecule has 2 aromatic carbocycles. The number of carbonyl (C=O) groups excluding carboxylic acids is 2. The van der Waals surface area contributed by atoms with Crippen molar-refractivity contribution in [2.24, 2.45) is 0 Å². The van der Waals surface area contributed by atoms with Crippen LogP contribution in [0.1, 0.15) is 18.9 Å². The molecular weight excluding hydrogens is 404 g/mol. The molecule has 1 aliphatic heterocycles. The second-order valence-electron chi connectivity index (χ2n) is 6.48. The van der Waals surface area contributed by atoms with Gasteiger partial charge in [0.05, 0.1) is 4.91 Å². The Bertz CT molecular complexity index is 1000. The van der Waals surface area contributed by atoms with E-state index in [1.54, 1.807) is 12.1 Å². The van der Waals surface area contributed by atoms with Crippen molar-refractivity contribution < 1.29 is 14.7 Å². The predicted octanol–water partition coefficient (Wildman–Crippen LogP) is 4.57. The minimum Gasteiger partial charge on any atom is -0.508 e. The SMILES string of the molecule is CC(=Cc1ccccc1)/C=C1\SC(=S)N(CCC(=O)Nc2cccc(O)c2)C1=O. The van der Waals surface area contributed by atoms with Gasteiger partial charge in [0, 0.05) is 24.7 Å². The summed E-state index contributed by atoms with van der Waals surface area (Å²) < 4.78 is 0.443. The molecule has 0 atom stereocenters. The summed E-state index contributed by atoms with van der Waals surface area (Å²) in [6, 6.07) is 16.2. The molecule has 0 aromatic heterocycles. The van der Waals surface area contributed by atoms with Crippen LogP contribution < -0.4 is 5.32 Å². The molecule has 0 bridgehead atoms. The Morgan fingerprint density at radius 1 is 1.21 bits per heavy atom. The van der Waals surface area contributed by atoms with E-state index in [0.29, 0.717) is 14.9 Å². The number of allylic oxidation sites excluding steroid dienone is 2. The van der Waals surface area contributed by atoms with Crippen molar-refractivity contribution in [3.8, 4) is 5.75 Å². The number of benzene rings is 2. The Kier molecular flexibility index (Phi) is 6.85. The van der Waals surface area contributed by atoms with Gasteiger partial charge in [0.15, 0.2) is 0 Å². The predicted molar refractivity (Wildman–Crippen MR) is 121 cm³/mol. The van der Waals surface area contributed by atoms with Gasteiger partial charge in [-0.1, -0.05) is 66.5 Å². The van der Waals surface area contributed by atoms with E-state index in [4.69, 9.17) is 12.2 Å². The molecular formula is C22H20N2O3S2. The molecule has 0 spiro atoms. The number of rotatable bonds is 6. The summed E-state index contributed by atoms with van der Waals surface area (Å²) in [6.07, 6.45) is 3.92. The molecule has 3 rings (SSSR count). The lowest BCUT2D eigenvalue weighted by Crippen LogP contribution is -2.31. The molecule has 0 aliphatic carbocycles. The largest absolute Gasteiger partial charge is 0.508 e. The van der Waals surface area contributed by atoms with E-state index in [1.807, 2.05) is 49.4 Å². The van der Waals surface area contributed by atoms with Gasteiger partial charge in [0.2, 0.25) is 5.91 Å². The molecule has 2 N–H and O–H groups in total. The van der Waals surface area contributed by atoms with Gasteiger partial charge in [-0.25, -0.2) is 0 Å². The van der Waals surface area contributed by atoms with Gasteiger partial charge in [-0.05, 0) is 36.3 Å². The summed E-state index contributed by atoms with van der Waals surface area (Å²) in [7, 11) is 0. The normalized spacial score (nSPS) is 15.8. The summed E-state index contributed by atoms with van der Waals surface area (Å²) in [5, 5.41) is 12.2. The summed E-state index contributed by atoms with van der Waals surface area (Å²) in [5.74, 6) is -0.372. The van der Waals surface area contributed by atoms with Crippen molar-refractivity contribution in [2.75, 3.05) is 11.9 Å². The van der Waals surface area contributed by atoms with E-state index in [9.17, 15) is 14.7 Å². The van der Waals surface area contributed by atoms with Crippen LogP contribution in [0.15, 0.2) is 71.2 Å². The lowest BCUT2D eigenvalue weighted by molar-refractivity contribution is -0.122. The van der Waals surface area contributed by atoms with Gasteiger partial charge in [-0.2, -0.15) is 0 Å². The van der Waals surface area contributed by atoms with Gasteiger partial charge in [0.1, 0.15) is 10.1 Å². The number of carbonyl (C=O) groups is 2. The Labute approximate surface area is 179 Å². The Morgan fingerprint density at radius 3 is 2.69 bits per heavy atom.